The van der Waals surface area contributed by atoms with Gasteiger partial charge < -0.3 is 15.5 Å². The number of rotatable bonds is 5. The van der Waals surface area contributed by atoms with E-state index in [0.717, 1.165) is 23.5 Å². The van der Waals surface area contributed by atoms with Crippen molar-refractivity contribution >= 4 is 34.9 Å². The highest BCUT2D eigenvalue weighted by atomic mass is 32.1. The quantitative estimate of drug-likeness (QED) is 0.806. The summed E-state index contributed by atoms with van der Waals surface area (Å²) in [5.41, 5.74) is 4.54. The maximum atomic E-state index is 11.8. The summed E-state index contributed by atoms with van der Waals surface area (Å²) < 4.78 is 0. The van der Waals surface area contributed by atoms with E-state index in [2.05, 4.69) is 15.6 Å². The fraction of sp³-hybridized carbons (Fsp3) is 0.235. The third kappa shape index (κ3) is 4.42. The van der Waals surface area contributed by atoms with E-state index < -0.39 is 0 Å². The summed E-state index contributed by atoms with van der Waals surface area (Å²) in [5, 5.41) is 7.53. The Balaban J connectivity index is 1.51. The van der Waals surface area contributed by atoms with Crippen LogP contribution in [0.5, 0.6) is 0 Å². The molecule has 0 unspecified atom stereocenters. The fourth-order valence-electron chi connectivity index (χ4n) is 2.40. The van der Waals surface area contributed by atoms with Crippen molar-refractivity contribution in [1.82, 2.24) is 15.6 Å². The topological polar surface area (TPSA) is 74.3 Å². The first-order chi connectivity index (χ1) is 11.7. The lowest BCUT2D eigenvalue weighted by molar-refractivity contribution is -0.120. The van der Waals surface area contributed by atoms with E-state index in [-0.39, 0.29) is 11.8 Å². The van der Waals surface area contributed by atoms with Gasteiger partial charge in [0.1, 0.15) is 0 Å². The van der Waals surface area contributed by atoms with E-state index in [1.54, 1.807) is 11.6 Å². The lowest BCUT2D eigenvalue weighted by Crippen LogP contribution is -2.47. The van der Waals surface area contributed by atoms with Crippen molar-refractivity contribution in [3.63, 3.8) is 0 Å². The van der Waals surface area contributed by atoms with E-state index >= 15 is 0 Å². The summed E-state index contributed by atoms with van der Waals surface area (Å²) in [7, 11) is 0. The molecule has 1 aliphatic rings. The zero-order chi connectivity index (χ0) is 16.8. The van der Waals surface area contributed by atoms with Crippen LogP contribution in [-0.2, 0) is 16.1 Å². The fourth-order valence-corrected chi connectivity index (χ4v) is 2.92. The summed E-state index contributed by atoms with van der Waals surface area (Å²) >= 11 is 1.49. The second-order valence-corrected chi connectivity index (χ2v) is 6.12. The predicted molar refractivity (Wildman–Crippen MR) is 94.7 cm³/mol. The Labute approximate surface area is 144 Å². The second-order valence-electron chi connectivity index (χ2n) is 5.40. The molecule has 1 aromatic carbocycles. The first-order valence-corrected chi connectivity index (χ1v) is 8.60. The van der Waals surface area contributed by atoms with Crippen LogP contribution in [0.4, 0.5) is 5.69 Å². The normalized spacial score (nSPS) is 14.7. The Morgan fingerprint density at radius 1 is 1.38 bits per heavy atom. The molecule has 124 valence electrons. The molecule has 24 heavy (non-hydrogen) atoms. The lowest BCUT2D eigenvalue weighted by atomic mass is 10.2. The highest BCUT2D eigenvalue weighted by Crippen LogP contribution is 2.16. The number of thiazole rings is 1. The number of nitrogens with zero attached hydrogens (tertiary/aromatic N) is 2. The summed E-state index contributed by atoms with van der Waals surface area (Å²) in [6.45, 7) is 2.32. The van der Waals surface area contributed by atoms with Gasteiger partial charge in [0.05, 0.1) is 17.7 Å². The monoisotopic (exact) mass is 342 g/mol. The molecule has 7 heteroatoms. The van der Waals surface area contributed by atoms with Crippen LogP contribution in [0.2, 0.25) is 0 Å². The minimum Gasteiger partial charge on any atom is -0.360 e. The Morgan fingerprint density at radius 2 is 2.21 bits per heavy atom. The van der Waals surface area contributed by atoms with Crippen LogP contribution in [0, 0.1) is 0 Å². The van der Waals surface area contributed by atoms with E-state index in [1.807, 2.05) is 34.5 Å². The van der Waals surface area contributed by atoms with Gasteiger partial charge in [-0.2, -0.15) is 0 Å². The van der Waals surface area contributed by atoms with Crippen LogP contribution in [0.15, 0.2) is 41.2 Å². The van der Waals surface area contributed by atoms with Crippen LogP contribution in [-0.4, -0.2) is 36.4 Å². The molecule has 0 aliphatic carbocycles. The molecule has 1 saturated heterocycles. The molecular weight excluding hydrogens is 324 g/mol. The van der Waals surface area contributed by atoms with Crippen molar-refractivity contribution in [2.45, 2.75) is 6.54 Å². The predicted octanol–water partition coefficient (Wildman–Crippen LogP) is 1.41. The first kappa shape index (κ1) is 16.2. The minimum atomic E-state index is -0.153. The van der Waals surface area contributed by atoms with Crippen molar-refractivity contribution in [2.75, 3.05) is 24.5 Å². The minimum absolute atomic E-state index is 0.0458. The molecular formula is C17H18N4O2S. The number of anilines is 1. The van der Waals surface area contributed by atoms with Gasteiger partial charge in [-0.3, -0.25) is 9.59 Å². The van der Waals surface area contributed by atoms with E-state index in [1.165, 1.54) is 17.4 Å². The molecule has 0 bridgehead atoms. The largest absolute Gasteiger partial charge is 0.360 e. The Morgan fingerprint density at radius 3 is 2.92 bits per heavy atom. The SMILES string of the molecule is O=C(/C=C\c1cscn1)NCc1ccc(N2CCNC(=O)C2)cc1. The number of piperazine rings is 1. The summed E-state index contributed by atoms with van der Waals surface area (Å²) in [6, 6.07) is 7.88. The maximum Gasteiger partial charge on any atom is 0.244 e. The van der Waals surface area contributed by atoms with Crippen LogP contribution in [0.1, 0.15) is 11.3 Å². The molecule has 0 spiro atoms. The number of hydrogen-bond donors (Lipinski definition) is 2. The standard InChI is InChI=1S/C17H18N4O2S/c22-16(6-3-14-11-24-12-20-14)19-9-13-1-4-15(5-2-13)21-8-7-18-17(23)10-21/h1-6,11-12H,7-10H2,(H,18,23)(H,19,22)/b6-3-. The van der Waals surface area contributed by atoms with Crippen LogP contribution >= 0.6 is 11.3 Å². The molecule has 0 radical (unpaired) electrons. The highest BCUT2D eigenvalue weighted by molar-refractivity contribution is 7.07. The molecule has 2 heterocycles. The average Bonchev–Trinajstić information content (AvgIpc) is 3.12. The van der Waals surface area contributed by atoms with Gasteiger partial charge >= 0.3 is 0 Å². The maximum absolute atomic E-state index is 11.8. The molecule has 0 saturated carbocycles. The number of benzene rings is 1. The second kappa shape index (κ2) is 7.74. The molecule has 1 fully saturated rings. The van der Waals surface area contributed by atoms with E-state index in [9.17, 15) is 9.59 Å². The molecule has 3 rings (SSSR count). The van der Waals surface area contributed by atoms with Gasteiger partial charge in [0.15, 0.2) is 0 Å². The Bertz CT molecular complexity index is 726. The van der Waals surface area contributed by atoms with Crippen molar-refractivity contribution in [3.8, 4) is 0 Å². The third-order valence-electron chi connectivity index (χ3n) is 3.66. The summed E-state index contributed by atoms with van der Waals surface area (Å²) in [5.74, 6) is -0.107. The van der Waals surface area contributed by atoms with E-state index in [4.69, 9.17) is 0 Å². The number of hydrogen-bond acceptors (Lipinski definition) is 5. The van der Waals surface area contributed by atoms with Crippen molar-refractivity contribution < 1.29 is 9.59 Å². The van der Waals surface area contributed by atoms with Crippen molar-refractivity contribution in [3.05, 3.63) is 52.5 Å². The van der Waals surface area contributed by atoms with Gasteiger partial charge in [-0.25, -0.2) is 4.98 Å². The lowest BCUT2D eigenvalue weighted by Gasteiger charge is -2.28. The average molecular weight is 342 g/mol. The molecule has 1 aromatic heterocycles. The molecule has 2 amide bonds. The number of carbonyl (C=O) groups is 2. The highest BCUT2D eigenvalue weighted by Gasteiger charge is 2.16. The van der Waals surface area contributed by atoms with Crippen LogP contribution < -0.4 is 15.5 Å². The first-order valence-electron chi connectivity index (χ1n) is 7.65. The molecule has 6 nitrogen and oxygen atoms in total. The van der Waals surface area contributed by atoms with Gasteiger partial charge in [0, 0.05) is 36.8 Å². The van der Waals surface area contributed by atoms with Crippen molar-refractivity contribution in [2.24, 2.45) is 0 Å². The number of nitrogens with one attached hydrogen (secondary N) is 2. The van der Waals surface area contributed by atoms with Gasteiger partial charge in [-0.15, -0.1) is 11.3 Å². The van der Waals surface area contributed by atoms with Gasteiger partial charge in [0.25, 0.3) is 0 Å². The summed E-state index contributed by atoms with van der Waals surface area (Å²) in [4.78, 5) is 29.3. The van der Waals surface area contributed by atoms with Crippen LogP contribution in [0.25, 0.3) is 6.08 Å². The number of aromatic nitrogens is 1. The van der Waals surface area contributed by atoms with Crippen LogP contribution in [0.3, 0.4) is 0 Å². The molecule has 0 atom stereocenters. The zero-order valence-electron chi connectivity index (χ0n) is 13.1. The van der Waals surface area contributed by atoms with E-state index in [0.29, 0.717) is 19.6 Å². The number of amides is 2. The van der Waals surface area contributed by atoms with Gasteiger partial charge in [-0.1, -0.05) is 12.1 Å². The summed E-state index contributed by atoms with van der Waals surface area (Å²) in [6.07, 6.45) is 3.17. The van der Waals surface area contributed by atoms with Crippen molar-refractivity contribution in [1.29, 1.82) is 0 Å². The zero-order valence-corrected chi connectivity index (χ0v) is 13.9. The molecule has 2 aromatic rings. The van der Waals surface area contributed by atoms with Gasteiger partial charge in [-0.05, 0) is 23.8 Å². The Hall–Kier alpha value is -2.67. The molecule has 1 aliphatic heterocycles. The number of carbonyl (C=O) groups excluding carboxylic acids is 2. The Kier molecular flexibility index (Phi) is 5.22. The smallest absolute Gasteiger partial charge is 0.244 e. The third-order valence-corrected chi connectivity index (χ3v) is 4.27. The van der Waals surface area contributed by atoms with Gasteiger partial charge in [0.2, 0.25) is 11.8 Å². The molecule has 2 N–H and O–H groups in total.